The molecule has 1 aromatic heterocycles. The lowest BCUT2D eigenvalue weighted by atomic mass is 9.79. The van der Waals surface area contributed by atoms with Gasteiger partial charge < -0.3 is 5.73 Å². The summed E-state index contributed by atoms with van der Waals surface area (Å²) in [5, 5.41) is -0.742. The lowest BCUT2D eigenvalue weighted by Gasteiger charge is -2.29. The third kappa shape index (κ3) is 2.80. The summed E-state index contributed by atoms with van der Waals surface area (Å²) in [6, 6.07) is 0. The Balaban J connectivity index is 2.18. The molecule has 2 atom stereocenters. The van der Waals surface area contributed by atoms with Crippen molar-refractivity contribution in [3.63, 3.8) is 0 Å². The molecule has 0 saturated heterocycles. The van der Waals surface area contributed by atoms with Crippen LogP contribution in [0.1, 0.15) is 41.5 Å². The van der Waals surface area contributed by atoms with Crippen LogP contribution in [0, 0.1) is 5.92 Å². The Kier molecular flexibility index (Phi) is 3.73. The fraction of sp³-hybridized carbons (Fsp3) is 0.727. The number of alkyl halides is 3. The van der Waals surface area contributed by atoms with Crippen LogP contribution in [-0.2, 0) is 6.18 Å². The van der Waals surface area contributed by atoms with Crippen molar-refractivity contribution < 1.29 is 13.2 Å². The molecule has 0 amide bonds. The topological polar surface area (TPSA) is 38.9 Å². The van der Waals surface area contributed by atoms with E-state index >= 15 is 0 Å². The van der Waals surface area contributed by atoms with Crippen LogP contribution in [0.25, 0.3) is 0 Å². The van der Waals surface area contributed by atoms with Crippen LogP contribution in [0.15, 0.2) is 6.20 Å². The molecule has 2 unspecified atom stereocenters. The summed E-state index contributed by atoms with van der Waals surface area (Å²) in [5.41, 5.74) is 5.69. The highest BCUT2D eigenvalue weighted by Crippen LogP contribution is 2.42. The van der Waals surface area contributed by atoms with E-state index in [1.165, 1.54) is 6.20 Å². The SMILES string of the molecule is NCC1CCCCC1c1cnc(C(F)(F)F)s1. The first-order chi connectivity index (χ1) is 8.02. The molecule has 0 spiro atoms. The van der Waals surface area contributed by atoms with Crippen LogP contribution in [-0.4, -0.2) is 11.5 Å². The normalized spacial score (nSPS) is 26.1. The summed E-state index contributed by atoms with van der Waals surface area (Å²) in [5.74, 6) is 0.479. The Labute approximate surface area is 102 Å². The maximum atomic E-state index is 12.5. The Morgan fingerprint density at radius 1 is 1.35 bits per heavy atom. The van der Waals surface area contributed by atoms with Gasteiger partial charge in [-0.2, -0.15) is 13.2 Å². The first-order valence-electron chi connectivity index (χ1n) is 5.75. The molecule has 2 N–H and O–H groups in total. The molecule has 1 aromatic rings. The highest BCUT2D eigenvalue weighted by Gasteiger charge is 2.36. The van der Waals surface area contributed by atoms with Crippen LogP contribution in [0.3, 0.4) is 0 Å². The predicted molar refractivity (Wildman–Crippen MR) is 60.9 cm³/mol. The maximum absolute atomic E-state index is 12.5. The molecule has 1 saturated carbocycles. The van der Waals surface area contributed by atoms with Gasteiger partial charge in [0.25, 0.3) is 0 Å². The van der Waals surface area contributed by atoms with Crippen LogP contribution < -0.4 is 5.73 Å². The molecule has 6 heteroatoms. The maximum Gasteiger partial charge on any atom is 0.443 e. The smallest absolute Gasteiger partial charge is 0.330 e. The van der Waals surface area contributed by atoms with Crippen molar-refractivity contribution in [2.75, 3.05) is 6.54 Å². The second-order valence-electron chi connectivity index (χ2n) is 4.45. The molecule has 1 fully saturated rings. The van der Waals surface area contributed by atoms with Gasteiger partial charge in [0, 0.05) is 11.1 Å². The number of rotatable bonds is 2. The minimum atomic E-state index is -4.32. The molecule has 2 rings (SSSR count). The summed E-state index contributed by atoms with van der Waals surface area (Å²) in [6.07, 6.45) is 1.20. The second kappa shape index (κ2) is 4.94. The van der Waals surface area contributed by atoms with E-state index in [-0.39, 0.29) is 5.92 Å². The van der Waals surface area contributed by atoms with Crippen molar-refractivity contribution in [1.82, 2.24) is 4.98 Å². The zero-order valence-corrected chi connectivity index (χ0v) is 10.2. The van der Waals surface area contributed by atoms with Crippen LogP contribution in [0.2, 0.25) is 0 Å². The summed E-state index contributed by atoms with van der Waals surface area (Å²) in [7, 11) is 0. The lowest BCUT2D eigenvalue weighted by Crippen LogP contribution is -2.24. The van der Waals surface area contributed by atoms with Crippen molar-refractivity contribution >= 4 is 11.3 Å². The van der Waals surface area contributed by atoms with E-state index in [9.17, 15) is 13.2 Å². The van der Waals surface area contributed by atoms with Crippen molar-refractivity contribution in [2.24, 2.45) is 11.7 Å². The minimum absolute atomic E-state index is 0.169. The molecular weight excluding hydrogens is 249 g/mol. The van der Waals surface area contributed by atoms with E-state index in [0.717, 1.165) is 41.9 Å². The average molecular weight is 264 g/mol. The first-order valence-corrected chi connectivity index (χ1v) is 6.57. The van der Waals surface area contributed by atoms with Gasteiger partial charge in [-0.15, -0.1) is 11.3 Å². The van der Waals surface area contributed by atoms with Gasteiger partial charge in [-0.25, -0.2) is 4.98 Å². The van der Waals surface area contributed by atoms with Gasteiger partial charge in [0.15, 0.2) is 5.01 Å². The number of nitrogens with two attached hydrogens (primary N) is 1. The number of hydrogen-bond acceptors (Lipinski definition) is 3. The standard InChI is InChI=1S/C11H15F3N2S/c12-11(13,14)10-16-6-9(17-10)8-4-2-1-3-7(8)5-15/h6-8H,1-5,15H2. The molecule has 1 heterocycles. The Morgan fingerprint density at radius 2 is 2.06 bits per heavy atom. The largest absolute Gasteiger partial charge is 0.443 e. The minimum Gasteiger partial charge on any atom is -0.330 e. The van der Waals surface area contributed by atoms with Crippen molar-refractivity contribution in [1.29, 1.82) is 0 Å². The molecular formula is C11H15F3N2S. The highest BCUT2D eigenvalue weighted by atomic mass is 32.1. The number of hydrogen-bond donors (Lipinski definition) is 1. The van der Waals surface area contributed by atoms with Gasteiger partial charge in [-0.05, 0) is 31.2 Å². The number of nitrogens with zero attached hydrogens (tertiary/aromatic N) is 1. The van der Waals surface area contributed by atoms with E-state index in [0.29, 0.717) is 12.5 Å². The van der Waals surface area contributed by atoms with E-state index in [4.69, 9.17) is 5.73 Å². The third-order valence-corrected chi connectivity index (χ3v) is 4.52. The van der Waals surface area contributed by atoms with Crippen LogP contribution in [0.5, 0.6) is 0 Å². The lowest BCUT2D eigenvalue weighted by molar-refractivity contribution is -0.137. The summed E-state index contributed by atoms with van der Waals surface area (Å²) >= 11 is 0.774. The monoisotopic (exact) mass is 264 g/mol. The fourth-order valence-electron chi connectivity index (χ4n) is 2.45. The van der Waals surface area contributed by atoms with E-state index in [1.54, 1.807) is 0 Å². The van der Waals surface area contributed by atoms with Crippen molar-refractivity contribution in [3.05, 3.63) is 16.1 Å². The number of halogens is 3. The van der Waals surface area contributed by atoms with E-state index in [1.807, 2.05) is 0 Å². The highest BCUT2D eigenvalue weighted by molar-refractivity contribution is 7.11. The van der Waals surface area contributed by atoms with Gasteiger partial charge in [0.05, 0.1) is 0 Å². The van der Waals surface area contributed by atoms with Gasteiger partial charge in [-0.1, -0.05) is 12.8 Å². The van der Waals surface area contributed by atoms with E-state index in [2.05, 4.69) is 4.98 Å². The Morgan fingerprint density at radius 3 is 2.65 bits per heavy atom. The average Bonchev–Trinajstić information content (AvgIpc) is 2.77. The van der Waals surface area contributed by atoms with Crippen molar-refractivity contribution in [2.45, 2.75) is 37.8 Å². The van der Waals surface area contributed by atoms with Crippen LogP contribution in [0.4, 0.5) is 13.2 Å². The summed E-state index contributed by atoms with van der Waals surface area (Å²) < 4.78 is 37.4. The van der Waals surface area contributed by atoms with Crippen LogP contribution >= 0.6 is 11.3 Å². The summed E-state index contributed by atoms with van der Waals surface area (Å²) in [4.78, 5) is 4.23. The molecule has 96 valence electrons. The van der Waals surface area contributed by atoms with Gasteiger partial charge in [-0.3, -0.25) is 0 Å². The molecule has 17 heavy (non-hydrogen) atoms. The molecule has 0 bridgehead atoms. The molecule has 0 radical (unpaired) electrons. The quantitative estimate of drug-likeness (QED) is 0.889. The van der Waals surface area contributed by atoms with Gasteiger partial charge >= 0.3 is 6.18 Å². The Bertz CT molecular complexity index is 375. The first kappa shape index (κ1) is 12.8. The molecule has 0 aliphatic heterocycles. The zero-order chi connectivity index (χ0) is 12.5. The molecule has 2 nitrogen and oxygen atoms in total. The predicted octanol–water partition coefficient (Wildman–Crippen LogP) is 3.39. The number of aromatic nitrogens is 1. The molecule has 0 aromatic carbocycles. The number of thiazole rings is 1. The fourth-order valence-corrected chi connectivity index (χ4v) is 3.46. The second-order valence-corrected chi connectivity index (χ2v) is 5.51. The van der Waals surface area contributed by atoms with Crippen molar-refractivity contribution in [3.8, 4) is 0 Å². The third-order valence-electron chi connectivity index (χ3n) is 3.34. The summed E-state index contributed by atoms with van der Waals surface area (Å²) in [6.45, 7) is 0.546. The zero-order valence-electron chi connectivity index (χ0n) is 9.33. The van der Waals surface area contributed by atoms with Gasteiger partial charge in [0.1, 0.15) is 0 Å². The molecule has 1 aliphatic rings. The van der Waals surface area contributed by atoms with Gasteiger partial charge in [0.2, 0.25) is 0 Å². The Hall–Kier alpha value is -0.620. The van der Waals surface area contributed by atoms with E-state index < -0.39 is 11.2 Å². The molecule has 1 aliphatic carbocycles.